The Hall–Kier alpha value is -2.91. The average molecular weight is 418 g/mol. The number of hydroxylamine groups is 1. The van der Waals surface area contributed by atoms with Crippen molar-refractivity contribution in [1.82, 2.24) is 5.48 Å². The number of nitrogens with one attached hydrogen (secondary N) is 1. The number of anilines is 1. The second-order valence-electron chi connectivity index (χ2n) is 7.18. The molecule has 1 saturated heterocycles. The second kappa shape index (κ2) is 7.84. The Morgan fingerprint density at radius 3 is 2.31 bits per heavy atom. The molecule has 0 saturated carbocycles. The summed E-state index contributed by atoms with van der Waals surface area (Å²) < 4.78 is 27.6. The third kappa shape index (κ3) is 4.10. The summed E-state index contributed by atoms with van der Waals surface area (Å²) >= 11 is 0. The van der Waals surface area contributed by atoms with Crippen LogP contribution in [0.25, 0.3) is 11.1 Å². The quantitative estimate of drug-likeness (QED) is 0.550. The van der Waals surface area contributed by atoms with Crippen LogP contribution in [0.3, 0.4) is 0 Å². The third-order valence-electron chi connectivity index (χ3n) is 5.18. The van der Waals surface area contributed by atoms with Crippen LogP contribution in [0.4, 0.5) is 10.5 Å². The van der Waals surface area contributed by atoms with Crippen LogP contribution in [0.2, 0.25) is 0 Å². The number of sulfone groups is 1. The minimum atomic E-state index is -3.88. The van der Waals surface area contributed by atoms with Gasteiger partial charge in [-0.2, -0.15) is 0 Å². The zero-order valence-corrected chi connectivity index (χ0v) is 16.8. The van der Waals surface area contributed by atoms with E-state index in [-0.39, 0.29) is 13.0 Å². The zero-order valence-electron chi connectivity index (χ0n) is 16.0. The molecule has 0 bridgehead atoms. The molecule has 1 aliphatic heterocycles. The molecule has 1 fully saturated rings. The summed E-state index contributed by atoms with van der Waals surface area (Å²) in [5.41, 5.74) is 4.02. The Balaban J connectivity index is 1.77. The molecule has 2 aromatic rings. The van der Waals surface area contributed by atoms with Gasteiger partial charge in [0.1, 0.15) is 6.10 Å². The SMILES string of the molecule is C[C@@](C[C@H]1CN(c2ccc(-c3ccccc3)cc2)C(=O)O1)(C(=O)NO)S(C)(=O)=O. The van der Waals surface area contributed by atoms with Crippen LogP contribution >= 0.6 is 0 Å². The number of carbonyl (C=O) groups excluding carboxylic acids is 2. The van der Waals surface area contributed by atoms with Crippen LogP contribution in [-0.2, 0) is 19.4 Å². The van der Waals surface area contributed by atoms with Crippen LogP contribution in [0.5, 0.6) is 0 Å². The maximum atomic E-state index is 12.3. The maximum Gasteiger partial charge on any atom is 0.414 e. The van der Waals surface area contributed by atoms with Crippen molar-refractivity contribution in [2.24, 2.45) is 0 Å². The fraction of sp³-hybridized carbons (Fsp3) is 0.300. The number of hydrogen-bond donors (Lipinski definition) is 2. The monoisotopic (exact) mass is 418 g/mol. The summed E-state index contributed by atoms with van der Waals surface area (Å²) in [5.74, 6) is -1.07. The smallest absolute Gasteiger partial charge is 0.414 e. The highest BCUT2D eigenvalue weighted by atomic mass is 32.2. The lowest BCUT2D eigenvalue weighted by Crippen LogP contribution is -2.51. The minimum absolute atomic E-state index is 0.0906. The lowest BCUT2D eigenvalue weighted by atomic mass is 10.0. The lowest BCUT2D eigenvalue weighted by molar-refractivity contribution is -0.132. The van der Waals surface area contributed by atoms with Gasteiger partial charge in [0, 0.05) is 18.4 Å². The standard InChI is InChI=1S/C20H22N2O6S/c1-20(18(23)21-25,29(2,26)27)12-17-13-22(19(24)28-17)16-10-8-15(9-11-16)14-6-4-3-5-7-14/h3-11,17,25H,12-13H2,1-2H3,(H,21,23)/t17-,20+/m0/s1. The predicted octanol–water partition coefficient (Wildman–Crippen LogP) is 2.38. The van der Waals surface area contributed by atoms with Crippen molar-refractivity contribution >= 4 is 27.5 Å². The van der Waals surface area contributed by atoms with Crippen molar-refractivity contribution in [1.29, 1.82) is 0 Å². The molecule has 29 heavy (non-hydrogen) atoms. The third-order valence-corrected chi connectivity index (χ3v) is 7.17. The maximum absolute atomic E-state index is 12.3. The van der Waals surface area contributed by atoms with Crippen molar-refractivity contribution in [2.75, 3.05) is 17.7 Å². The average Bonchev–Trinajstić information content (AvgIpc) is 3.07. The molecule has 1 aliphatic rings. The Labute approximate surface area is 169 Å². The molecule has 2 N–H and O–H groups in total. The van der Waals surface area contributed by atoms with Gasteiger partial charge in [-0.05, 0) is 30.2 Å². The number of ether oxygens (including phenoxy) is 1. The summed E-state index contributed by atoms with van der Waals surface area (Å²) in [7, 11) is -3.88. The summed E-state index contributed by atoms with van der Waals surface area (Å²) in [6.07, 6.45) is -0.821. The van der Waals surface area contributed by atoms with Crippen LogP contribution < -0.4 is 10.4 Å². The highest BCUT2D eigenvalue weighted by molar-refractivity contribution is 7.92. The van der Waals surface area contributed by atoms with Gasteiger partial charge < -0.3 is 4.74 Å². The first-order valence-electron chi connectivity index (χ1n) is 8.93. The molecule has 9 heteroatoms. The Morgan fingerprint density at radius 2 is 1.76 bits per heavy atom. The Bertz CT molecular complexity index is 1010. The summed E-state index contributed by atoms with van der Waals surface area (Å²) in [6, 6.07) is 17.1. The normalized spacial score (nSPS) is 18.8. The lowest BCUT2D eigenvalue weighted by Gasteiger charge is -2.26. The number of carbonyl (C=O) groups is 2. The van der Waals surface area contributed by atoms with E-state index in [0.29, 0.717) is 5.69 Å². The van der Waals surface area contributed by atoms with Gasteiger partial charge >= 0.3 is 6.09 Å². The molecular formula is C20H22N2O6S. The van der Waals surface area contributed by atoms with Crippen molar-refractivity contribution in [3.63, 3.8) is 0 Å². The number of rotatable bonds is 6. The highest BCUT2D eigenvalue weighted by Crippen LogP contribution is 2.31. The van der Waals surface area contributed by atoms with E-state index in [2.05, 4.69) is 0 Å². The van der Waals surface area contributed by atoms with Crippen molar-refractivity contribution in [3.05, 3.63) is 54.6 Å². The number of amides is 2. The summed E-state index contributed by atoms with van der Waals surface area (Å²) in [5, 5.41) is 8.93. The van der Waals surface area contributed by atoms with Crippen LogP contribution in [-0.4, -0.2) is 49.3 Å². The van der Waals surface area contributed by atoms with Crippen molar-refractivity contribution in [2.45, 2.75) is 24.2 Å². The number of nitrogens with zero attached hydrogens (tertiary/aromatic N) is 1. The second-order valence-corrected chi connectivity index (χ2v) is 9.62. The zero-order chi connectivity index (χ0) is 21.2. The van der Waals surface area contributed by atoms with Crippen molar-refractivity contribution < 1.29 is 28.0 Å². The molecule has 0 spiro atoms. The molecule has 3 rings (SSSR count). The summed E-state index contributed by atoms with van der Waals surface area (Å²) in [4.78, 5) is 25.7. The summed E-state index contributed by atoms with van der Waals surface area (Å²) in [6.45, 7) is 1.28. The number of cyclic esters (lactones) is 1. The Morgan fingerprint density at radius 1 is 1.17 bits per heavy atom. The molecule has 2 atom stereocenters. The van der Waals surface area contributed by atoms with Gasteiger partial charge in [-0.3, -0.25) is 14.9 Å². The van der Waals surface area contributed by atoms with E-state index in [1.165, 1.54) is 17.3 Å². The van der Waals surface area contributed by atoms with E-state index >= 15 is 0 Å². The Kier molecular flexibility index (Phi) is 5.63. The van der Waals surface area contributed by atoms with Gasteiger partial charge in [-0.15, -0.1) is 0 Å². The largest absolute Gasteiger partial charge is 0.444 e. The molecule has 0 unspecified atom stereocenters. The van der Waals surface area contributed by atoms with Gasteiger partial charge in [0.15, 0.2) is 14.6 Å². The van der Waals surface area contributed by atoms with Gasteiger partial charge in [-0.1, -0.05) is 42.5 Å². The fourth-order valence-corrected chi connectivity index (χ4v) is 4.14. The molecule has 0 aliphatic carbocycles. The molecule has 2 amide bonds. The van der Waals surface area contributed by atoms with Gasteiger partial charge in [0.2, 0.25) is 0 Å². The molecule has 0 aromatic heterocycles. The first-order valence-corrected chi connectivity index (χ1v) is 10.8. The topological polar surface area (TPSA) is 113 Å². The van der Waals surface area contributed by atoms with E-state index in [1.54, 1.807) is 12.1 Å². The van der Waals surface area contributed by atoms with E-state index < -0.39 is 32.7 Å². The van der Waals surface area contributed by atoms with E-state index in [1.807, 2.05) is 42.5 Å². The first kappa shape index (κ1) is 20.8. The highest BCUT2D eigenvalue weighted by Gasteiger charge is 2.48. The first-order chi connectivity index (χ1) is 13.7. The van der Waals surface area contributed by atoms with Gasteiger partial charge in [0.25, 0.3) is 5.91 Å². The molecular weight excluding hydrogens is 396 g/mol. The van der Waals surface area contributed by atoms with E-state index in [0.717, 1.165) is 17.4 Å². The fourth-order valence-electron chi connectivity index (χ4n) is 3.27. The molecule has 1 heterocycles. The minimum Gasteiger partial charge on any atom is -0.444 e. The van der Waals surface area contributed by atoms with Crippen LogP contribution in [0.15, 0.2) is 54.6 Å². The molecule has 8 nitrogen and oxygen atoms in total. The number of benzene rings is 2. The van der Waals surface area contributed by atoms with Crippen LogP contribution in [0, 0.1) is 0 Å². The van der Waals surface area contributed by atoms with Crippen molar-refractivity contribution in [3.8, 4) is 11.1 Å². The van der Waals surface area contributed by atoms with Gasteiger partial charge in [0.05, 0.1) is 6.54 Å². The predicted molar refractivity (Wildman–Crippen MR) is 107 cm³/mol. The molecule has 0 radical (unpaired) electrons. The van der Waals surface area contributed by atoms with Gasteiger partial charge in [-0.25, -0.2) is 18.7 Å². The van der Waals surface area contributed by atoms with Crippen LogP contribution in [0.1, 0.15) is 13.3 Å². The molecule has 154 valence electrons. The molecule has 2 aromatic carbocycles. The van der Waals surface area contributed by atoms with E-state index in [4.69, 9.17) is 9.94 Å². The van der Waals surface area contributed by atoms with E-state index in [9.17, 15) is 18.0 Å². The number of hydrogen-bond acceptors (Lipinski definition) is 6.